The van der Waals surface area contributed by atoms with Crippen molar-refractivity contribution in [2.75, 3.05) is 6.79 Å². The fourth-order valence-corrected chi connectivity index (χ4v) is 7.18. The Balaban J connectivity index is 1.84. The van der Waals surface area contributed by atoms with Crippen molar-refractivity contribution in [1.29, 1.82) is 0 Å². The Kier molecular flexibility index (Phi) is 3.68. The lowest BCUT2D eigenvalue weighted by molar-refractivity contribution is -0.0397. The molecule has 0 saturated heterocycles. The first-order valence-corrected chi connectivity index (χ1v) is 10.7. The number of fused-ring (bicyclic) bond motifs is 6. The molecule has 0 radical (unpaired) electrons. The molecule has 0 amide bonds. The van der Waals surface area contributed by atoms with E-state index in [1.54, 1.807) is 0 Å². The normalized spacial score (nSPS) is 35.2. The summed E-state index contributed by atoms with van der Waals surface area (Å²) < 4.78 is 17.9. The van der Waals surface area contributed by atoms with Crippen molar-refractivity contribution in [3.63, 3.8) is 0 Å². The van der Waals surface area contributed by atoms with Gasteiger partial charge in [0.15, 0.2) is 11.5 Å². The summed E-state index contributed by atoms with van der Waals surface area (Å²) in [5.74, 6) is 4.73. The second-order valence-corrected chi connectivity index (χ2v) is 9.80. The molecule has 0 N–H and O–H groups in total. The average molecular weight is 369 g/mol. The van der Waals surface area contributed by atoms with Gasteiger partial charge in [0.2, 0.25) is 6.79 Å². The Morgan fingerprint density at radius 1 is 1.04 bits per heavy atom. The molecule has 3 heteroatoms. The first-order chi connectivity index (χ1) is 12.9. The minimum atomic E-state index is 0.137. The third-order valence-electron chi connectivity index (χ3n) is 8.45. The van der Waals surface area contributed by atoms with Crippen LogP contribution in [0, 0.1) is 17.3 Å². The van der Waals surface area contributed by atoms with E-state index in [0.29, 0.717) is 24.0 Å². The minimum Gasteiger partial charge on any atom is -0.460 e. The summed E-state index contributed by atoms with van der Waals surface area (Å²) in [5.41, 5.74) is 2.90. The summed E-state index contributed by atoms with van der Waals surface area (Å²) in [4.78, 5) is 0. The molecule has 2 aromatic rings. The fraction of sp³-hybridized carbons (Fsp3) is 0.667. The zero-order valence-corrected chi connectivity index (χ0v) is 17.4. The highest BCUT2D eigenvalue weighted by Gasteiger charge is 2.58. The molecule has 1 aromatic carbocycles. The fourth-order valence-electron chi connectivity index (χ4n) is 7.18. The van der Waals surface area contributed by atoms with Crippen molar-refractivity contribution in [3.8, 4) is 11.5 Å². The second-order valence-electron chi connectivity index (χ2n) is 9.80. The summed E-state index contributed by atoms with van der Waals surface area (Å²) in [6.45, 7) is 12.6. The quantitative estimate of drug-likeness (QED) is 0.556. The van der Waals surface area contributed by atoms with Gasteiger partial charge < -0.3 is 13.9 Å². The van der Waals surface area contributed by atoms with Crippen molar-refractivity contribution in [2.45, 2.75) is 78.1 Å². The molecule has 2 heterocycles. The third kappa shape index (κ3) is 2.09. The molecule has 1 aromatic heterocycles. The van der Waals surface area contributed by atoms with Crippen LogP contribution in [0.25, 0.3) is 11.0 Å². The van der Waals surface area contributed by atoms with Crippen LogP contribution in [-0.2, 0) is 5.41 Å². The Morgan fingerprint density at radius 3 is 2.52 bits per heavy atom. The number of ether oxygens (including phenoxy) is 2. The van der Waals surface area contributed by atoms with Crippen molar-refractivity contribution in [2.24, 2.45) is 17.3 Å². The van der Waals surface area contributed by atoms with E-state index in [1.807, 2.05) is 6.07 Å². The van der Waals surface area contributed by atoms with E-state index in [4.69, 9.17) is 13.9 Å². The van der Waals surface area contributed by atoms with E-state index in [1.165, 1.54) is 48.8 Å². The Bertz CT molecular complexity index is 895. The van der Waals surface area contributed by atoms with Gasteiger partial charge in [0, 0.05) is 28.3 Å². The highest BCUT2D eigenvalue weighted by Crippen LogP contribution is 2.65. The lowest BCUT2D eigenvalue weighted by Gasteiger charge is -2.58. The third-order valence-corrected chi connectivity index (χ3v) is 8.45. The van der Waals surface area contributed by atoms with Gasteiger partial charge in [-0.05, 0) is 42.6 Å². The van der Waals surface area contributed by atoms with Crippen LogP contribution in [0.15, 0.2) is 16.5 Å². The van der Waals surface area contributed by atoms with Gasteiger partial charge in [-0.25, -0.2) is 0 Å². The van der Waals surface area contributed by atoms with Crippen LogP contribution in [0.1, 0.15) is 84.0 Å². The molecule has 3 nitrogen and oxygen atoms in total. The molecule has 146 valence electrons. The van der Waals surface area contributed by atoms with Crippen molar-refractivity contribution < 1.29 is 13.9 Å². The average Bonchev–Trinajstić information content (AvgIpc) is 3.20. The molecule has 4 atom stereocenters. The molecule has 3 aliphatic rings. The zero-order valence-electron chi connectivity index (χ0n) is 17.4. The number of benzene rings is 1. The Morgan fingerprint density at radius 2 is 1.78 bits per heavy atom. The van der Waals surface area contributed by atoms with E-state index >= 15 is 0 Å². The molecule has 1 aliphatic heterocycles. The van der Waals surface area contributed by atoms with E-state index in [-0.39, 0.29) is 5.41 Å². The summed E-state index contributed by atoms with van der Waals surface area (Å²) in [5, 5.41) is 1.25. The number of rotatable bonds is 1. The summed E-state index contributed by atoms with van der Waals surface area (Å²) in [6.07, 6.45) is 6.40. The van der Waals surface area contributed by atoms with Crippen LogP contribution in [0.3, 0.4) is 0 Å². The van der Waals surface area contributed by atoms with E-state index in [9.17, 15) is 0 Å². The zero-order chi connectivity index (χ0) is 19.0. The summed E-state index contributed by atoms with van der Waals surface area (Å²) in [7, 11) is 0. The van der Waals surface area contributed by atoms with Gasteiger partial charge in [-0.3, -0.25) is 0 Å². The van der Waals surface area contributed by atoms with Gasteiger partial charge in [-0.15, -0.1) is 0 Å². The lowest BCUT2D eigenvalue weighted by atomic mass is 9.45. The van der Waals surface area contributed by atoms with Crippen LogP contribution in [0.5, 0.6) is 11.5 Å². The SMILES string of the molecule is CC(C)[C@@]12CC[C@@H](C)c3oc4cc5c(cc4c3[C@@]1(C)CCC[C@@H]2C)OCO5. The molecule has 0 bridgehead atoms. The summed E-state index contributed by atoms with van der Waals surface area (Å²) >= 11 is 0. The highest BCUT2D eigenvalue weighted by molar-refractivity contribution is 5.87. The molecule has 5 rings (SSSR count). The van der Waals surface area contributed by atoms with Crippen molar-refractivity contribution >= 4 is 11.0 Å². The molecule has 0 unspecified atom stereocenters. The van der Waals surface area contributed by atoms with Gasteiger partial charge in [0.05, 0.1) is 0 Å². The van der Waals surface area contributed by atoms with Crippen LogP contribution < -0.4 is 9.47 Å². The first kappa shape index (κ1) is 17.5. The number of hydrogen-bond acceptors (Lipinski definition) is 3. The maximum absolute atomic E-state index is 6.55. The van der Waals surface area contributed by atoms with E-state index in [2.05, 4.69) is 40.7 Å². The van der Waals surface area contributed by atoms with Crippen LogP contribution in [-0.4, -0.2) is 6.79 Å². The molecule has 2 aliphatic carbocycles. The maximum atomic E-state index is 6.55. The van der Waals surface area contributed by atoms with Gasteiger partial charge in [0.25, 0.3) is 0 Å². The maximum Gasteiger partial charge on any atom is 0.231 e. The van der Waals surface area contributed by atoms with Gasteiger partial charge >= 0.3 is 0 Å². The first-order valence-electron chi connectivity index (χ1n) is 10.7. The predicted octanol–water partition coefficient (Wildman–Crippen LogP) is 6.78. The standard InChI is InChI=1S/C24H32O3/c1-14(2)24-10-8-15(3)22-21(23(24,5)9-6-7-16(24)4)17-11-19-20(26-13-25-19)12-18(17)27-22/h11-12,14-16H,6-10,13H2,1-5H3/t15-,16+,23-,24-/m1/s1. The molecule has 1 saturated carbocycles. The predicted molar refractivity (Wildman–Crippen MR) is 108 cm³/mol. The van der Waals surface area contributed by atoms with Crippen LogP contribution >= 0.6 is 0 Å². The molecule has 0 spiro atoms. The highest BCUT2D eigenvalue weighted by atomic mass is 16.7. The lowest BCUT2D eigenvalue weighted by Crippen LogP contribution is -2.53. The minimum absolute atomic E-state index is 0.137. The smallest absolute Gasteiger partial charge is 0.231 e. The topological polar surface area (TPSA) is 31.6 Å². The number of furan rings is 1. The number of hydrogen-bond donors (Lipinski definition) is 0. The Hall–Kier alpha value is -1.64. The van der Waals surface area contributed by atoms with Crippen LogP contribution in [0.2, 0.25) is 0 Å². The van der Waals surface area contributed by atoms with E-state index < -0.39 is 0 Å². The summed E-state index contributed by atoms with van der Waals surface area (Å²) in [6, 6.07) is 4.24. The molecule has 27 heavy (non-hydrogen) atoms. The molecular weight excluding hydrogens is 336 g/mol. The van der Waals surface area contributed by atoms with Crippen LogP contribution in [0.4, 0.5) is 0 Å². The van der Waals surface area contributed by atoms with Gasteiger partial charge in [0.1, 0.15) is 11.3 Å². The second kappa shape index (κ2) is 5.68. The molecular formula is C24H32O3. The van der Waals surface area contributed by atoms with Gasteiger partial charge in [-0.2, -0.15) is 0 Å². The van der Waals surface area contributed by atoms with Crippen molar-refractivity contribution in [1.82, 2.24) is 0 Å². The Labute approximate surface area is 162 Å². The van der Waals surface area contributed by atoms with Gasteiger partial charge in [-0.1, -0.05) is 47.5 Å². The van der Waals surface area contributed by atoms with E-state index in [0.717, 1.165) is 23.0 Å². The monoisotopic (exact) mass is 368 g/mol. The molecule has 1 fully saturated rings. The van der Waals surface area contributed by atoms with Crippen molar-refractivity contribution in [3.05, 3.63) is 23.5 Å². The largest absolute Gasteiger partial charge is 0.460 e.